The van der Waals surface area contributed by atoms with Crippen molar-refractivity contribution in [3.05, 3.63) is 53.2 Å². The number of anilines is 1. The Balaban J connectivity index is 0.000000470. The SMILES string of the molecule is O=C(NS(=O)(=O)C1CC1)c1cc(C2CC2)c(O[C@@H]2CCCN(c3ccc(F)cn3)C2)cc1F.O=C(O)C(F)(F)F. The average molecular weight is 592 g/mol. The van der Waals surface area contributed by atoms with E-state index >= 15 is 0 Å². The third-order valence-electron chi connectivity index (χ3n) is 6.51. The standard InChI is InChI=1S/C23H25F2N3O4S.C2HF3O2/c24-15-5-8-22(26-12-15)28-9-1-2-16(13-28)32-21-11-20(25)19(10-18(21)14-3-4-14)23(29)27-33(30,31)17-6-7-17;3-2(4,5)1(6)7/h5,8,10-12,14,16-17H,1-4,6-7,9,13H2,(H,27,29);(H,6,7)/t16-;/m1./s1. The summed E-state index contributed by atoms with van der Waals surface area (Å²) in [5.74, 6) is -3.72. The van der Waals surface area contributed by atoms with E-state index < -0.39 is 45.0 Å². The molecule has 2 heterocycles. The third-order valence-corrected chi connectivity index (χ3v) is 8.33. The smallest absolute Gasteiger partial charge is 0.488 e. The van der Waals surface area contributed by atoms with Crippen LogP contribution in [0.25, 0.3) is 0 Å². The number of pyridine rings is 1. The Labute approximate surface area is 226 Å². The van der Waals surface area contributed by atoms with Gasteiger partial charge in [-0.2, -0.15) is 13.2 Å². The monoisotopic (exact) mass is 591 g/mol. The van der Waals surface area contributed by atoms with E-state index in [9.17, 15) is 35.2 Å². The molecule has 0 radical (unpaired) electrons. The third kappa shape index (κ3) is 7.58. The van der Waals surface area contributed by atoms with E-state index in [2.05, 4.69) is 4.98 Å². The first-order chi connectivity index (χ1) is 18.7. The van der Waals surface area contributed by atoms with Crippen molar-refractivity contribution < 1.29 is 49.8 Å². The molecule has 0 bridgehead atoms. The van der Waals surface area contributed by atoms with Gasteiger partial charge in [0.05, 0.1) is 23.6 Å². The van der Waals surface area contributed by atoms with Gasteiger partial charge in [-0.05, 0) is 68.2 Å². The number of carbonyl (C=O) groups is 2. The van der Waals surface area contributed by atoms with Crippen molar-refractivity contribution in [1.82, 2.24) is 9.71 Å². The van der Waals surface area contributed by atoms with E-state index in [0.717, 1.165) is 37.8 Å². The van der Waals surface area contributed by atoms with Crippen molar-refractivity contribution in [1.29, 1.82) is 0 Å². The molecule has 1 atom stereocenters. The van der Waals surface area contributed by atoms with Crippen LogP contribution in [0.5, 0.6) is 5.75 Å². The molecule has 3 aliphatic rings. The number of amides is 1. The molecule has 1 aromatic heterocycles. The van der Waals surface area contributed by atoms with Gasteiger partial charge in [0.1, 0.15) is 29.3 Å². The summed E-state index contributed by atoms with van der Waals surface area (Å²) in [6, 6.07) is 5.61. The number of ether oxygens (including phenoxy) is 1. The van der Waals surface area contributed by atoms with E-state index in [1.54, 1.807) is 6.07 Å². The van der Waals surface area contributed by atoms with E-state index in [4.69, 9.17) is 14.6 Å². The molecule has 2 saturated carbocycles. The molecule has 218 valence electrons. The highest BCUT2D eigenvalue weighted by molar-refractivity contribution is 7.91. The lowest BCUT2D eigenvalue weighted by molar-refractivity contribution is -0.192. The fourth-order valence-corrected chi connectivity index (χ4v) is 5.48. The van der Waals surface area contributed by atoms with Crippen LogP contribution in [-0.4, -0.2) is 61.0 Å². The van der Waals surface area contributed by atoms with Crippen molar-refractivity contribution >= 4 is 27.7 Å². The van der Waals surface area contributed by atoms with Crippen LogP contribution in [0.2, 0.25) is 0 Å². The molecule has 3 fully saturated rings. The van der Waals surface area contributed by atoms with Gasteiger partial charge in [0.15, 0.2) is 0 Å². The van der Waals surface area contributed by atoms with E-state index in [1.165, 1.54) is 24.4 Å². The number of aromatic nitrogens is 1. The summed E-state index contributed by atoms with van der Waals surface area (Å²) in [4.78, 5) is 27.6. The molecule has 0 spiro atoms. The van der Waals surface area contributed by atoms with E-state index in [-0.39, 0.29) is 17.6 Å². The first-order valence-corrected chi connectivity index (χ1v) is 14.0. The summed E-state index contributed by atoms with van der Waals surface area (Å²) in [6.07, 6.45) is 0.300. The quantitative estimate of drug-likeness (QED) is 0.461. The number of halogens is 5. The average Bonchev–Trinajstić information content (AvgIpc) is 3.77. The Morgan fingerprint density at radius 3 is 2.30 bits per heavy atom. The van der Waals surface area contributed by atoms with Crippen molar-refractivity contribution in [2.45, 2.75) is 62.0 Å². The molecule has 5 rings (SSSR count). The second-order valence-electron chi connectivity index (χ2n) is 9.79. The Hall–Kier alpha value is -3.49. The minimum Gasteiger partial charge on any atom is -0.488 e. The first kappa shape index (κ1) is 29.5. The molecule has 9 nitrogen and oxygen atoms in total. The van der Waals surface area contributed by atoms with Crippen LogP contribution in [0.15, 0.2) is 30.5 Å². The lowest BCUT2D eigenvalue weighted by Crippen LogP contribution is -2.41. The maximum atomic E-state index is 14.9. The molecule has 1 amide bonds. The number of sulfonamides is 1. The zero-order chi connectivity index (χ0) is 29.2. The predicted molar refractivity (Wildman–Crippen MR) is 132 cm³/mol. The number of hydrogen-bond acceptors (Lipinski definition) is 7. The van der Waals surface area contributed by atoms with E-state index in [1.807, 2.05) is 9.62 Å². The van der Waals surface area contributed by atoms with Gasteiger partial charge >= 0.3 is 12.1 Å². The van der Waals surface area contributed by atoms with Gasteiger partial charge in [0, 0.05) is 12.6 Å². The molecule has 2 aliphatic carbocycles. The lowest BCUT2D eigenvalue weighted by Gasteiger charge is -2.34. The number of nitrogens with one attached hydrogen (secondary N) is 1. The lowest BCUT2D eigenvalue weighted by atomic mass is 10.0. The predicted octanol–water partition coefficient (Wildman–Crippen LogP) is 4.14. The van der Waals surface area contributed by atoms with Crippen molar-refractivity contribution in [3.8, 4) is 5.75 Å². The van der Waals surface area contributed by atoms with Gasteiger partial charge in [-0.15, -0.1) is 0 Å². The maximum Gasteiger partial charge on any atom is 0.490 e. The van der Waals surface area contributed by atoms with Crippen molar-refractivity contribution in [2.24, 2.45) is 0 Å². The van der Waals surface area contributed by atoms with Crippen LogP contribution in [0.4, 0.5) is 27.8 Å². The van der Waals surface area contributed by atoms with Gasteiger partial charge in [0.2, 0.25) is 10.0 Å². The summed E-state index contributed by atoms with van der Waals surface area (Å²) in [6.45, 7) is 1.28. The molecule has 2 N–H and O–H groups in total. The Morgan fingerprint density at radius 1 is 1.07 bits per heavy atom. The number of carbonyl (C=O) groups excluding carboxylic acids is 1. The van der Waals surface area contributed by atoms with Crippen LogP contribution in [0.3, 0.4) is 0 Å². The van der Waals surface area contributed by atoms with Crippen LogP contribution in [0, 0.1) is 11.6 Å². The number of aliphatic carboxylic acids is 1. The number of benzene rings is 1. The molecule has 40 heavy (non-hydrogen) atoms. The van der Waals surface area contributed by atoms with Gasteiger partial charge in [-0.3, -0.25) is 4.79 Å². The van der Waals surface area contributed by atoms with Gasteiger partial charge < -0.3 is 14.7 Å². The highest BCUT2D eigenvalue weighted by Crippen LogP contribution is 2.45. The summed E-state index contributed by atoms with van der Waals surface area (Å²) in [5.41, 5.74) is 0.441. The molecule has 0 unspecified atom stereocenters. The van der Waals surface area contributed by atoms with Gasteiger partial charge in [-0.1, -0.05) is 0 Å². The van der Waals surface area contributed by atoms with Crippen molar-refractivity contribution in [2.75, 3.05) is 18.0 Å². The molecular formula is C25H26F5N3O6S. The number of alkyl halides is 3. The van der Waals surface area contributed by atoms with Crippen molar-refractivity contribution in [3.63, 3.8) is 0 Å². The van der Waals surface area contributed by atoms with E-state index in [0.29, 0.717) is 31.0 Å². The summed E-state index contributed by atoms with van der Waals surface area (Å²) in [5, 5.41) is 6.56. The first-order valence-electron chi connectivity index (χ1n) is 12.5. The summed E-state index contributed by atoms with van der Waals surface area (Å²) < 4.78 is 92.2. The number of piperidine rings is 1. The Kier molecular flexibility index (Phi) is 8.52. The van der Waals surface area contributed by atoms with Crippen LogP contribution >= 0.6 is 0 Å². The Bertz CT molecular complexity index is 1360. The second kappa shape index (κ2) is 11.6. The summed E-state index contributed by atoms with van der Waals surface area (Å²) >= 11 is 0. The van der Waals surface area contributed by atoms with Crippen LogP contribution < -0.4 is 14.4 Å². The number of nitrogens with zero attached hydrogens (tertiary/aromatic N) is 2. The number of carboxylic acids is 1. The molecule has 1 aliphatic heterocycles. The zero-order valence-corrected chi connectivity index (χ0v) is 21.8. The molecule has 1 saturated heterocycles. The van der Waals surface area contributed by atoms with Crippen LogP contribution in [0.1, 0.15) is 60.4 Å². The molecule has 2 aromatic rings. The fraction of sp³-hybridized carbons (Fsp3) is 0.480. The van der Waals surface area contributed by atoms with Gasteiger partial charge in [0.25, 0.3) is 5.91 Å². The second-order valence-corrected chi connectivity index (χ2v) is 11.7. The fourth-order valence-electron chi connectivity index (χ4n) is 4.18. The maximum absolute atomic E-state index is 14.9. The molecular weight excluding hydrogens is 565 g/mol. The topological polar surface area (TPSA) is 126 Å². The highest BCUT2D eigenvalue weighted by atomic mass is 32.2. The zero-order valence-electron chi connectivity index (χ0n) is 21.0. The minimum atomic E-state index is -5.08. The molecule has 1 aromatic carbocycles. The normalized spacial score (nSPS) is 19.3. The number of carboxylic acid groups (broad SMARTS) is 1. The minimum absolute atomic E-state index is 0.158. The molecule has 15 heteroatoms. The van der Waals surface area contributed by atoms with Gasteiger partial charge in [-0.25, -0.2) is 31.7 Å². The number of hydrogen-bond donors (Lipinski definition) is 2. The van der Waals surface area contributed by atoms with Crippen LogP contribution in [-0.2, 0) is 14.8 Å². The Morgan fingerprint density at radius 2 is 1.75 bits per heavy atom. The largest absolute Gasteiger partial charge is 0.490 e. The highest BCUT2D eigenvalue weighted by Gasteiger charge is 2.39. The summed E-state index contributed by atoms with van der Waals surface area (Å²) in [7, 11) is -3.77. The number of rotatable bonds is 7.